The number of nitrogens with zero attached hydrogens (tertiary/aromatic N) is 1. The van der Waals surface area contributed by atoms with Crippen LogP contribution in [0.25, 0.3) is 0 Å². The van der Waals surface area contributed by atoms with Crippen LogP contribution in [-0.2, 0) is 6.42 Å². The van der Waals surface area contributed by atoms with Crippen molar-refractivity contribution in [3.05, 3.63) is 29.8 Å². The molecule has 1 unspecified atom stereocenters. The highest BCUT2D eigenvalue weighted by Crippen LogP contribution is 2.08. The van der Waals surface area contributed by atoms with Crippen LogP contribution in [0.4, 0.5) is 4.39 Å². The number of hydrogen-bond donors (Lipinski definition) is 1. The number of aliphatic hydroxyl groups is 1. The van der Waals surface area contributed by atoms with Gasteiger partial charge in [-0.2, -0.15) is 0 Å². The fourth-order valence-corrected chi connectivity index (χ4v) is 1.23. The summed E-state index contributed by atoms with van der Waals surface area (Å²) in [5.74, 6) is -0.336. The van der Waals surface area contributed by atoms with Crippen molar-refractivity contribution in [1.29, 1.82) is 0 Å². The van der Waals surface area contributed by atoms with E-state index in [1.807, 2.05) is 6.92 Å². The topological polar surface area (TPSA) is 33.1 Å². The lowest BCUT2D eigenvalue weighted by Crippen LogP contribution is -2.12. The zero-order valence-electron chi connectivity index (χ0n) is 7.70. The number of halogens is 1. The molecule has 0 amide bonds. The Morgan fingerprint density at radius 3 is 3.00 bits per heavy atom. The van der Waals surface area contributed by atoms with E-state index < -0.39 is 6.10 Å². The molecule has 0 saturated heterocycles. The van der Waals surface area contributed by atoms with Gasteiger partial charge in [0.25, 0.3) is 0 Å². The lowest BCUT2D eigenvalue weighted by molar-refractivity contribution is 0.161. The standard InChI is InChI=1S/C10H14FNO/c1-2-4-8(13)7-10-9(11)5-3-6-12-10/h3,5-6,8,13H,2,4,7H2,1H3. The van der Waals surface area contributed by atoms with Gasteiger partial charge >= 0.3 is 0 Å². The molecule has 2 nitrogen and oxygen atoms in total. The highest BCUT2D eigenvalue weighted by molar-refractivity contribution is 5.07. The van der Waals surface area contributed by atoms with Gasteiger partial charge in [0.2, 0.25) is 0 Å². The molecule has 0 saturated carbocycles. The minimum Gasteiger partial charge on any atom is -0.393 e. The molecule has 0 aromatic carbocycles. The van der Waals surface area contributed by atoms with Gasteiger partial charge in [-0.1, -0.05) is 13.3 Å². The molecule has 1 heterocycles. The minimum atomic E-state index is -0.477. The summed E-state index contributed by atoms with van der Waals surface area (Å²) in [5, 5.41) is 9.42. The van der Waals surface area contributed by atoms with Gasteiger partial charge in [0.15, 0.2) is 0 Å². The molecule has 1 aromatic rings. The zero-order valence-corrected chi connectivity index (χ0v) is 7.70. The van der Waals surface area contributed by atoms with Crippen LogP contribution in [0.2, 0.25) is 0 Å². The maximum atomic E-state index is 13.0. The van der Waals surface area contributed by atoms with E-state index in [9.17, 15) is 9.50 Å². The van der Waals surface area contributed by atoms with E-state index in [0.717, 1.165) is 6.42 Å². The summed E-state index contributed by atoms with van der Waals surface area (Å²) in [4.78, 5) is 3.87. The van der Waals surface area contributed by atoms with Crippen LogP contribution in [0, 0.1) is 5.82 Å². The predicted molar refractivity (Wildman–Crippen MR) is 48.8 cm³/mol. The molecular weight excluding hydrogens is 169 g/mol. The van der Waals surface area contributed by atoms with Crippen molar-refractivity contribution in [2.45, 2.75) is 32.3 Å². The second kappa shape index (κ2) is 4.92. The first-order valence-electron chi connectivity index (χ1n) is 4.51. The van der Waals surface area contributed by atoms with Crippen molar-refractivity contribution < 1.29 is 9.50 Å². The summed E-state index contributed by atoms with van der Waals surface area (Å²) in [6, 6.07) is 2.91. The summed E-state index contributed by atoms with van der Waals surface area (Å²) in [6.07, 6.45) is 2.96. The molecule has 72 valence electrons. The molecule has 13 heavy (non-hydrogen) atoms. The van der Waals surface area contributed by atoms with E-state index in [4.69, 9.17) is 0 Å². The second-order valence-electron chi connectivity index (χ2n) is 3.08. The van der Waals surface area contributed by atoms with Crippen molar-refractivity contribution in [2.75, 3.05) is 0 Å². The van der Waals surface area contributed by atoms with Gasteiger partial charge in [-0.3, -0.25) is 4.98 Å². The largest absolute Gasteiger partial charge is 0.393 e. The van der Waals surface area contributed by atoms with E-state index >= 15 is 0 Å². The van der Waals surface area contributed by atoms with E-state index in [2.05, 4.69) is 4.98 Å². The van der Waals surface area contributed by atoms with Crippen LogP contribution < -0.4 is 0 Å². The summed E-state index contributed by atoms with van der Waals surface area (Å²) in [5.41, 5.74) is 0.350. The third kappa shape index (κ3) is 3.11. The molecule has 0 spiro atoms. The lowest BCUT2D eigenvalue weighted by Gasteiger charge is -2.08. The maximum Gasteiger partial charge on any atom is 0.144 e. The number of pyridine rings is 1. The predicted octanol–water partition coefficient (Wildman–Crippen LogP) is 1.92. The number of aliphatic hydroxyl groups excluding tert-OH is 1. The van der Waals surface area contributed by atoms with Gasteiger partial charge in [-0.15, -0.1) is 0 Å². The van der Waals surface area contributed by atoms with Gasteiger partial charge in [0.1, 0.15) is 5.82 Å². The Bertz CT molecular complexity index is 265. The maximum absolute atomic E-state index is 13.0. The van der Waals surface area contributed by atoms with Crippen molar-refractivity contribution in [1.82, 2.24) is 4.98 Å². The Hall–Kier alpha value is -0.960. The number of hydrogen-bond acceptors (Lipinski definition) is 2. The average Bonchev–Trinajstić information content (AvgIpc) is 2.09. The van der Waals surface area contributed by atoms with Gasteiger partial charge in [0.05, 0.1) is 11.8 Å². The first-order valence-corrected chi connectivity index (χ1v) is 4.51. The molecule has 3 heteroatoms. The minimum absolute atomic E-state index is 0.306. The van der Waals surface area contributed by atoms with Gasteiger partial charge in [0, 0.05) is 12.6 Å². The van der Waals surface area contributed by atoms with Crippen molar-refractivity contribution >= 4 is 0 Å². The molecule has 1 N–H and O–H groups in total. The lowest BCUT2D eigenvalue weighted by atomic mass is 10.1. The highest BCUT2D eigenvalue weighted by atomic mass is 19.1. The van der Waals surface area contributed by atoms with Crippen LogP contribution in [0.1, 0.15) is 25.5 Å². The van der Waals surface area contributed by atoms with Crippen molar-refractivity contribution in [3.8, 4) is 0 Å². The van der Waals surface area contributed by atoms with Gasteiger partial charge in [-0.25, -0.2) is 4.39 Å². The first kappa shape index (κ1) is 10.1. The summed E-state index contributed by atoms with van der Waals surface area (Å²) in [6.45, 7) is 1.98. The van der Waals surface area contributed by atoms with Gasteiger partial charge in [-0.05, 0) is 18.6 Å². The molecule has 1 atom stereocenters. The van der Waals surface area contributed by atoms with Crippen LogP contribution in [0.5, 0.6) is 0 Å². The first-order chi connectivity index (χ1) is 6.24. The van der Waals surface area contributed by atoms with Crippen LogP contribution in [-0.4, -0.2) is 16.2 Å². The number of aromatic nitrogens is 1. The zero-order chi connectivity index (χ0) is 9.68. The fourth-order valence-electron chi connectivity index (χ4n) is 1.23. The molecule has 0 aliphatic heterocycles. The summed E-state index contributed by atoms with van der Waals surface area (Å²) < 4.78 is 13.0. The van der Waals surface area contributed by atoms with Crippen LogP contribution in [0.15, 0.2) is 18.3 Å². The van der Waals surface area contributed by atoms with E-state index in [1.54, 1.807) is 6.07 Å². The normalized spacial score (nSPS) is 12.8. The van der Waals surface area contributed by atoms with E-state index in [0.29, 0.717) is 18.5 Å². The van der Waals surface area contributed by atoms with Gasteiger partial charge < -0.3 is 5.11 Å². The smallest absolute Gasteiger partial charge is 0.144 e. The quantitative estimate of drug-likeness (QED) is 0.773. The highest BCUT2D eigenvalue weighted by Gasteiger charge is 2.08. The van der Waals surface area contributed by atoms with E-state index in [-0.39, 0.29) is 5.82 Å². The average molecular weight is 183 g/mol. The summed E-state index contributed by atoms with van der Waals surface area (Å²) >= 11 is 0. The fraction of sp³-hybridized carbons (Fsp3) is 0.500. The molecule has 1 rings (SSSR count). The molecule has 0 aliphatic rings. The Morgan fingerprint density at radius 2 is 2.38 bits per heavy atom. The Balaban J connectivity index is 2.58. The number of rotatable bonds is 4. The molecule has 0 radical (unpaired) electrons. The van der Waals surface area contributed by atoms with E-state index in [1.165, 1.54) is 12.3 Å². The molecular formula is C10H14FNO. The Kier molecular flexibility index (Phi) is 3.83. The van der Waals surface area contributed by atoms with Crippen molar-refractivity contribution in [3.63, 3.8) is 0 Å². The van der Waals surface area contributed by atoms with Crippen molar-refractivity contribution in [2.24, 2.45) is 0 Å². The van der Waals surface area contributed by atoms with Crippen LogP contribution in [0.3, 0.4) is 0 Å². The Labute approximate surface area is 77.4 Å². The van der Waals surface area contributed by atoms with Crippen LogP contribution >= 0.6 is 0 Å². The molecule has 0 aliphatic carbocycles. The second-order valence-corrected chi connectivity index (χ2v) is 3.08. The monoisotopic (exact) mass is 183 g/mol. The summed E-state index contributed by atoms with van der Waals surface area (Å²) in [7, 11) is 0. The molecule has 0 bridgehead atoms. The third-order valence-electron chi connectivity index (χ3n) is 1.89. The SMILES string of the molecule is CCCC(O)Cc1ncccc1F. The Morgan fingerprint density at radius 1 is 1.62 bits per heavy atom. The molecule has 1 aromatic heterocycles. The molecule has 0 fully saturated rings. The third-order valence-corrected chi connectivity index (χ3v) is 1.89.